The zero-order valence-electron chi connectivity index (χ0n) is 9.50. The lowest BCUT2D eigenvalue weighted by Gasteiger charge is -2.08. The first kappa shape index (κ1) is 13.0. The molecular weight excluding hydrogens is 272 g/mol. The molecule has 1 aromatic carbocycles. The number of halogens is 1. The minimum Gasteiger partial charge on any atom is -0.334 e. The molecule has 0 unspecified atom stereocenters. The van der Waals surface area contributed by atoms with Crippen LogP contribution < -0.4 is 16.6 Å². The van der Waals surface area contributed by atoms with Gasteiger partial charge >= 0.3 is 5.69 Å². The number of rotatable bonds is 4. The Kier molecular flexibility index (Phi) is 3.74. The van der Waals surface area contributed by atoms with E-state index in [1.807, 2.05) is 0 Å². The highest BCUT2D eigenvalue weighted by molar-refractivity contribution is 6.30. The second-order valence-electron chi connectivity index (χ2n) is 3.46. The first-order chi connectivity index (χ1) is 9.11. The van der Waals surface area contributed by atoms with Gasteiger partial charge in [0.15, 0.2) is 0 Å². The van der Waals surface area contributed by atoms with Crippen molar-refractivity contribution in [3.63, 3.8) is 0 Å². The summed E-state index contributed by atoms with van der Waals surface area (Å²) in [6.07, 6.45) is 1.16. The van der Waals surface area contributed by atoms with Gasteiger partial charge < -0.3 is 10.7 Å². The van der Waals surface area contributed by atoms with Crippen molar-refractivity contribution in [3.8, 4) is 0 Å². The van der Waals surface area contributed by atoms with Crippen molar-refractivity contribution in [1.29, 1.82) is 0 Å². The Labute approximate surface area is 112 Å². The molecule has 0 aliphatic rings. The maximum Gasteiger partial charge on any atom is 0.354 e. The van der Waals surface area contributed by atoms with Gasteiger partial charge in [-0.3, -0.25) is 10.1 Å². The van der Waals surface area contributed by atoms with Gasteiger partial charge in [-0.2, -0.15) is 0 Å². The lowest BCUT2D eigenvalue weighted by Crippen LogP contribution is -2.12. The Morgan fingerprint density at radius 1 is 1.32 bits per heavy atom. The first-order valence-corrected chi connectivity index (χ1v) is 5.48. The number of aromatic nitrogens is 2. The molecule has 0 aliphatic heterocycles. The molecule has 8 nitrogen and oxygen atoms in total. The van der Waals surface area contributed by atoms with E-state index in [0.717, 1.165) is 6.33 Å². The number of hydrazine groups is 1. The standard InChI is InChI=1S/C10H9ClN6O2/c11-6-2-1-3-7(4-6)15-9-8(17(18)19)10(16-12)14-5-13-9/h1-5H,12H2,(H2,13,14,15,16). The summed E-state index contributed by atoms with van der Waals surface area (Å²) in [5, 5.41) is 14.3. The van der Waals surface area contributed by atoms with Gasteiger partial charge in [0.1, 0.15) is 6.33 Å². The van der Waals surface area contributed by atoms with Gasteiger partial charge in [-0.25, -0.2) is 15.8 Å². The van der Waals surface area contributed by atoms with E-state index in [0.29, 0.717) is 10.7 Å². The maximum atomic E-state index is 11.0. The van der Waals surface area contributed by atoms with E-state index in [4.69, 9.17) is 17.4 Å². The van der Waals surface area contributed by atoms with Crippen LogP contribution in [0.3, 0.4) is 0 Å². The normalized spacial score (nSPS) is 10.0. The molecule has 9 heteroatoms. The summed E-state index contributed by atoms with van der Waals surface area (Å²) in [5.74, 6) is 5.13. The molecule has 0 aliphatic carbocycles. The minimum atomic E-state index is -0.623. The highest BCUT2D eigenvalue weighted by Crippen LogP contribution is 2.30. The van der Waals surface area contributed by atoms with Crippen molar-refractivity contribution >= 4 is 34.6 Å². The fraction of sp³-hybridized carbons (Fsp3) is 0. The zero-order chi connectivity index (χ0) is 13.8. The van der Waals surface area contributed by atoms with Gasteiger partial charge in [-0.05, 0) is 18.2 Å². The van der Waals surface area contributed by atoms with Gasteiger partial charge in [-0.15, -0.1) is 0 Å². The van der Waals surface area contributed by atoms with Crippen LogP contribution in [0, 0.1) is 10.1 Å². The molecule has 0 bridgehead atoms. The molecule has 98 valence electrons. The molecule has 0 atom stereocenters. The predicted molar refractivity (Wildman–Crippen MR) is 71.2 cm³/mol. The van der Waals surface area contributed by atoms with Gasteiger partial charge in [0, 0.05) is 10.7 Å². The number of nitrogens with two attached hydrogens (primary N) is 1. The van der Waals surface area contributed by atoms with Gasteiger partial charge in [0.2, 0.25) is 11.6 Å². The van der Waals surface area contributed by atoms with Crippen LogP contribution in [0.2, 0.25) is 5.02 Å². The molecule has 1 heterocycles. The lowest BCUT2D eigenvalue weighted by atomic mass is 10.3. The van der Waals surface area contributed by atoms with E-state index < -0.39 is 4.92 Å². The molecule has 0 amide bonds. The molecule has 0 saturated heterocycles. The van der Waals surface area contributed by atoms with Crippen LogP contribution in [0.15, 0.2) is 30.6 Å². The van der Waals surface area contributed by atoms with Crippen molar-refractivity contribution in [2.24, 2.45) is 5.84 Å². The molecule has 0 radical (unpaired) electrons. The Morgan fingerprint density at radius 3 is 2.68 bits per heavy atom. The summed E-state index contributed by atoms with van der Waals surface area (Å²) in [6.45, 7) is 0. The fourth-order valence-electron chi connectivity index (χ4n) is 1.45. The number of nitrogens with one attached hydrogen (secondary N) is 2. The average Bonchev–Trinajstić information content (AvgIpc) is 2.38. The third-order valence-electron chi connectivity index (χ3n) is 2.23. The molecule has 0 fully saturated rings. The molecule has 1 aromatic heterocycles. The summed E-state index contributed by atoms with van der Waals surface area (Å²) in [6, 6.07) is 6.71. The van der Waals surface area contributed by atoms with Crippen LogP contribution in [-0.2, 0) is 0 Å². The van der Waals surface area contributed by atoms with E-state index in [-0.39, 0.29) is 17.3 Å². The average molecular weight is 281 g/mol. The number of hydrogen-bond acceptors (Lipinski definition) is 7. The Hall–Kier alpha value is -2.45. The second-order valence-corrected chi connectivity index (χ2v) is 3.89. The number of nitro groups is 1. The van der Waals surface area contributed by atoms with Crippen molar-refractivity contribution in [1.82, 2.24) is 9.97 Å². The third kappa shape index (κ3) is 2.87. The SMILES string of the molecule is NNc1ncnc(Nc2cccc(Cl)c2)c1[N+](=O)[O-]. The molecule has 2 rings (SSSR count). The molecule has 0 saturated carbocycles. The fourth-order valence-corrected chi connectivity index (χ4v) is 1.64. The van der Waals surface area contributed by atoms with Crippen molar-refractivity contribution in [2.75, 3.05) is 10.7 Å². The van der Waals surface area contributed by atoms with Crippen LogP contribution in [0.25, 0.3) is 0 Å². The van der Waals surface area contributed by atoms with E-state index in [1.165, 1.54) is 0 Å². The van der Waals surface area contributed by atoms with Gasteiger partial charge in [0.25, 0.3) is 0 Å². The van der Waals surface area contributed by atoms with Crippen LogP contribution in [0.1, 0.15) is 0 Å². The topological polar surface area (TPSA) is 119 Å². The molecule has 0 spiro atoms. The second kappa shape index (κ2) is 5.46. The van der Waals surface area contributed by atoms with Gasteiger partial charge in [-0.1, -0.05) is 17.7 Å². The highest BCUT2D eigenvalue weighted by atomic mass is 35.5. The number of anilines is 3. The minimum absolute atomic E-state index is 0.0233. The summed E-state index contributed by atoms with van der Waals surface area (Å²) in [5.41, 5.74) is 2.38. The molecule has 19 heavy (non-hydrogen) atoms. The van der Waals surface area contributed by atoms with E-state index in [1.54, 1.807) is 24.3 Å². The van der Waals surface area contributed by atoms with Crippen LogP contribution in [0.4, 0.5) is 23.0 Å². The smallest absolute Gasteiger partial charge is 0.334 e. The zero-order valence-corrected chi connectivity index (χ0v) is 10.3. The third-order valence-corrected chi connectivity index (χ3v) is 2.46. The molecule has 2 aromatic rings. The first-order valence-electron chi connectivity index (χ1n) is 5.10. The quantitative estimate of drug-likeness (QED) is 0.445. The predicted octanol–water partition coefficient (Wildman–Crippen LogP) is 2.07. The van der Waals surface area contributed by atoms with E-state index in [2.05, 4.69) is 20.7 Å². The van der Waals surface area contributed by atoms with Gasteiger partial charge in [0.05, 0.1) is 4.92 Å². The van der Waals surface area contributed by atoms with Crippen molar-refractivity contribution < 1.29 is 4.92 Å². The monoisotopic (exact) mass is 280 g/mol. The van der Waals surface area contributed by atoms with Crippen LogP contribution in [-0.4, -0.2) is 14.9 Å². The number of benzene rings is 1. The lowest BCUT2D eigenvalue weighted by molar-refractivity contribution is -0.383. The number of hydrogen-bond donors (Lipinski definition) is 3. The van der Waals surface area contributed by atoms with Crippen LogP contribution >= 0.6 is 11.6 Å². The van der Waals surface area contributed by atoms with E-state index >= 15 is 0 Å². The number of nitrogens with zero attached hydrogens (tertiary/aromatic N) is 3. The summed E-state index contributed by atoms with van der Waals surface area (Å²) in [4.78, 5) is 17.9. The Balaban J connectivity index is 2.42. The summed E-state index contributed by atoms with van der Waals surface area (Å²) < 4.78 is 0. The molecular formula is C10H9ClN6O2. The molecule has 4 N–H and O–H groups in total. The largest absolute Gasteiger partial charge is 0.354 e. The number of nitrogen functional groups attached to an aromatic ring is 1. The van der Waals surface area contributed by atoms with Crippen molar-refractivity contribution in [3.05, 3.63) is 45.7 Å². The summed E-state index contributed by atoms with van der Waals surface area (Å²) >= 11 is 5.83. The van der Waals surface area contributed by atoms with Crippen LogP contribution in [0.5, 0.6) is 0 Å². The highest BCUT2D eigenvalue weighted by Gasteiger charge is 2.22. The maximum absolute atomic E-state index is 11.0. The van der Waals surface area contributed by atoms with Crippen molar-refractivity contribution in [2.45, 2.75) is 0 Å². The summed E-state index contributed by atoms with van der Waals surface area (Å²) in [7, 11) is 0. The Bertz CT molecular complexity index is 621. The van der Waals surface area contributed by atoms with E-state index in [9.17, 15) is 10.1 Å². The Morgan fingerprint density at radius 2 is 2.05 bits per heavy atom.